The van der Waals surface area contributed by atoms with E-state index < -0.39 is 22.8 Å². The average Bonchev–Trinajstić information content (AvgIpc) is 2.69. The zero-order valence-electron chi connectivity index (χ0n) is 16.5. The van der Waals surface area contributed by atoms with Gasteiger partial charge < -0.3 is 10.1 Å². The van der Waals surface area contributed by atoms with Crippen molar-refractivity contribution < 1.29 is 13.9 Å². The van der Waals surface area contributed by atoms with Crippen LogP contribution in [0.2, 0.25) is 0 Å². The molecule has 1 aromatic heterocycles. The minimum Gasteiger partial charge on any atom is -0.376 e. The Kier molecular flexibility index (Phi) is 5.93. The number of nitrogens with zero attached hydrogens (tertiary/aromatic N) is 2. The Morgan fingerprint density at radius 1 is 1.36 bits per heavy atom. The third-order valence-corrected chi connectivity index (χ3v) is 5.59. The van der Waals surface area contributed by atoms with Crippen LogP contribution in [0.5, 0.6) is 0 Å². The molecule has 1 fully saturated rings. The molecule has 1 aliphatic rings. The second-order valence-electron chi connectivity index (χ2n) is 7.61. The summed E-state index contributed by atoms with van der Waals surface area (Å²) in [5.74, 6) is -0.418. The van der Waals surface area contributed by atoms with Gasteiger partial charge in [0.1, 0.15) is 11.5 Å². The number of rotatable bonds is 5. The Hall–Kier alpha value is -2.54. The quantitative estimate of drug-likeness (QED) is 0.856. The molecule has 7 heteroatoms. The molecule has 1 heterocycles. The van der Waals surface area contributed by atoms with E-state index in [-0.39, 0.29) is 11.4 Å². The van der Waals surface area contributed by atoms with Gasteiger partial charge in [-0.05, 0) is 50.7 Å². The number of hydrogen-bond donors (Lipinski definition) is 1. The zero-order valence-corrected chi connectivity index (χ0v) is 16.5. The molecule has 1 aromatic carbocycles. The molecule has 150 valence electrons. The SMILES string of the molecule is COC1(CNC(=O)c2nn(-c3ccccc3F)c(C)cc2=O)CCC(C)CC1. The lowest BCUT2D eigenvalue weighted by Gasteiger charge is -2.38. The molecule has 1 N–H and O–H groups in total. The highest BCUT2D eigenvalue weighted by atomic mass is 19.1. The van der Waals surface area contributed by atoms with E-state index in [1.165, 1.54) is 16.8 Å². The number of aryl methyl sites for hydroxylation is 1. The summed E-state index contributed by atoms with van der Waals surface area (Å²) in [5, 5.41) is 6.93. The van der Waals surface area contributed by atoms with Gasteiger partial charge >= 0.3 is 0 Å². The van der Waals surface area contributed by atoms with Crippen LogP contribution >= 0.6 is 0 Å². The number of amides is 1. The van der Waals surface area contributed by atoms with Gasteiger partial charge in [-0.25, -0.2) is 9.07 Å². The van der Waals surface area contributed by atoms with Crippen LogP contribution in [0, 0.1) is 18.7 Å². The van der Waals surface area contributed by atoms with Gasteiger partial charge in [-0.1, -0.05) is 19.1 Å². The van der Waals surface area contributed by atoms with E-state index >= 15 is 0 Å². The first-order valence-electron chi connectivity index (χ1n) is 9.54. The fourth-order valence-electron chi connectivity index (χ4n) is 3.64. The van der Waals surface area contributed by atoms with Crippen molar-refractivity contribution in [1.82, 2.24) is 15.1 Å². The maximum absolute atomic E-state index is 14.2. The molecule has 6 nitrogen and oxygen atoms in total. The largest absolute Gasteiger partial charge is 0.376 e. The third kappa shape index (κ3) is 4.14. The standard InChI is InChI=1S/C21H26FN3O3/c1-14-8-10-21(28-3,11-9-14)13-23-20(27)19-18(26)12-15(2)25(24-19)17-7-5-4-6-16(17)22/h4-7,12,14H,8-11,13H2,1-3H3,(H,23,27). The van der Waals surface area contributed by atoms with Crippen LogP contribution < -0.4 is 10.7 Å². The number of para-hydroxylation sites is 1. The van der Waals surface area contributed by atoms with Crippen molar-refractivity contribution in [2.24, 2.45) is 5.92 Å². The second kappa shape index (κ2) is 8.22. The fourth-order valence-corrected chi connectivity index (χ4v) is 3.64. The molecule has 28 heavy (non-hydrogen) atoms. The van der Waals surface area contributed by atoms with E-state index in [1.807, 2.05) is 0 Å². The van der Waals surface area contributed by atoms with E-state index in [4.69, 9.17) is 4.74 Å². The van der Waals surface area contributed by atoms with Gasteiger partial charge in [0.2, 0.25) is 5.43 Å². The van der Waals surface area contributed by atoms with E-state index in [9.17, 15) is 14.0 Å². The topological polar surface area (TPSA) is 73.2 Å². The van der Waals surface area contributed by atoms with Gasteiger partial charge in [0.05, 0.1) is 5.60 Å². The summed E-state index contributed by atoms with van der Waals surface area (Å²) >= 11 is 0. The van der Waals surface area contributed by atoms with Crippen LogP contribution in [0.1, 0.15) is 48.8 Å². The normalized spacial score (nSPS) is 22.1. The number of halogens is 1. The number of benzene rings is 1. The molecule has 3 rings (SSSR count). The third-order valence-electron chi connectivity index (χ3n) is 5.59. The summed E-state index contributed by atoms with van der Waals surface area (Å²) < 4.78 is 21.1. The van der Waals surface area contributed by atoms with E-state index in [2.05, 4.69) is 17.3 Å². The van der Waals surface area contributed by atoms with Crippen LogP contribution in [0.25, 0.3) is 5.69 Å². The predicted molar refractivity (Wildman–Crippen MR) is 104 cm³/mol. The maximum atomic E-state index is 14.2. The first kappa shape index (κ1) is 20.2. The molecular formula is C21H26FN3O3. The minimum absolute atomic E-state index is 0.184. The second-order valence-corrected chi connectivity index (χ2v) is 7.61. The monoisotopic (exact) mass is 387 g/mol. The molecule has 2 aromatic rings. The highest BCUT2D eigenvalue weighted by Crippen LogP contribution is 2.33. The van der Waals surface area contributed by atoms with Crippen molar-refractivity contribution in [3.63, 3.8) is 0 Å². The highest BCUT2D eigenvalue weighted by molar-refractivity contribution is 5.92. The number of ether oxygens (including phenoxy) is 1. The molecule has 0 saturated heterocycles. The number of carbonyl (C=O) groups is 1. The number of aromatic nitrogens is 2. The smallest absolute Gasteiger partial charge is 0.275 e. The highest BCUT2D eigenvalue weighted by Gasteiger charge is 2.34. The van der Waals surface area contributed by atoms with Gasteiger partial charge in [0, 0.05) is 25.4 Å². The minimum atomic E-state index is -0.579. The van der Waals surface area contributed by atoms with Crippen molar-refractivity contribution in [3.8, 4) is 5.69 Å². The lowest BCUT2D eigenvalue weighted by molar-refractivity contribution is -0.0446. The van der Waals surface area contributed by atoms with Gasteiger partial charge in [-0.15, -0.1) is 0 Å². The van der Waals surface area contributed by atoms with Crippen molar-refractivity contribution in [3.05, 3.63) is 57.8 Å². The maximum Gasteiger partial charge on any atom is 0.275 e. The van der Waals surface area contributed by atoms with Crippen molar-refractivity contribution in [2.45, 2.75) is 45.1 Å². The number of nitrogens with one attached hydrogen (secondary N) is 1. The van der Waals surface area contributed by atoms with Crippen molar-refractivity contribution in [1.29, 1.82) is 0 Å². The summed E-state index contributed by atoms with van der Waals surface area (Å²) in [6.45, 7) is 4.16. The van der Waals surface area contributed by atoms with E-state index in [0.717, 1.165) is 25.7 Å². The predicted octanol–water partition coefficient (Wildman–Crippen LogP) is 3.01. The van der Waals surface area contributed by atoms with Gasteiger partial charge in [0.15, 0.2) is 5.69 Å². The number of methoxy groups -OCH3 is 1. The zero-order chi connectivity index (χ0) is 20.3. The van der Waals surface area contributed by atoms with Gasteiger partial charge in [0.25, 0.3) is 5.91 Å². The Bertz CT molecular complexity index is 917. The lowest BCUT2D eigenvalue weighted by Crippen LogP contribution is -2.47. The summed E-state index contributed by atoms with van der Waals surface area (Å²) in [6, 6.07) is 7.39. The average molecular weight is 387 g/mol. The molecule has 0 aliphatic heterocycles. The molecule has 1 amide bonds. The van der Waals surface area contributed by atoms with Crippen molar-refractivity contribution in [2.75, 3.05) is 13.7 Å². The van der Waals surface area contributed by atoms with Gasteiger partial charge in [-0.2, -0.15) is 5.10 Å². The number of hydrogen-bond acceptors (Lipinski definition) is 4. The van der Waals surface area contributed by atoms with Crippen molar-refractivity contribution >= 4 is 5.91 Å². The van der Waals surface area contributed by atoms with Gasteiger partial charge in [-0.3, -0.25) is 9.59 Å². The Morgan fingerprint density at radius 3 is 2.68 bits per heavy atom. The molecule has 0 spiro atoms. The fraction of sp³-hybridized carbons (Fsp3) is 0.476. The first-order chi connectivity index (χ1) is 13.3. The molecule has 0 bridgehead atoms. The summed E-state index contributed by atoms with van der Waals surface area (Å²) in [7, 11) is 1.65. The molecule has 1 saturated carbocycles. The molecular weight excluding hydrogens is 361 g/mol. The number of carbonyl (C=O) groups excluding carboxylic acids is 1. The molecule has 0 radical (unpaired) electrons. The Labute approximate surface area is 163 Å². The van der Waals surface area contributed by atoms with Crippen LogP contribution in [0.3, 0.4) is 0 Å². The lowest BCUT2D eigenvalue weighted by atomic mass is 9.79. The molecule has 0 atom stereocenters. The van der Waals surface area contributed by atoms with Crippen LogP contribution in [0.4, 0.5) is 4.39 Å². The van der Waals surface area contributed by atoms with E-state index in [1.54, 1.807) is 32.2 Å². The first-order valence-corrected chi connectivity index (χ1v) is 9.54. The summed E-state index contributed by atoms with van der Waals surface area (Å²) in [6.07, 6.45) is 3.77. The van der Waals surface area contributed by atoms with E-state index in [0.29, 0.717) is 18.2 Å². The summed E-state index contributed by atoms with van der Waals surface area (Å²) in [4.78, 5) is 25.0. The summed E-state index contributed by atoms with van der Waals surface area (Å²) in [5.41, 5.74) is -0.544. The van der Waals surface area contributed by atoms with Crippen LogP contribution in [-0.2, 0) is 4.74 Å². The molecule has 1 aliphatic carbocycles. The molecule has 0 unspecified atom stereocenters. The Morgan fingerprint density at radius 2 is 2.04 bits per heavy atom. The van der Waals surface area contributed by atoms with Crippen LogP contribution in [-0.4, -0.2) is 34.9 Å². The Balaban J connectivity index is 1.83. The van der Waals surface area contributed by atoms with Crippen LogP contribution in [0.15, 0.2) is 35.1 Å².